The van der Waals surface area contributed by atoms with Gasteiger partial charge in [-0.3, -0.25) is 4.79 Å². The van der Waals surface area contributed by atoms with E-state index in [1.165, 1.54) is 0 Å². The van der Waals surface area contributed by atoms with E-state index in [2.05, 4.69) is 5.32 Å². The lowest BCUT2D eigenvalue weighted by molar-refractivity contribution is -0.125. The SMILES string of the molecule is CC(C)C(C(=O)NC1CCOC1C)C(N)=S. The first kappa shape index (κ1) is 13.4. The predicted octanol–water partition coefficient (Wildman–Crippen LogP) is 0.838. The third-order valence-corrected chi connectivity index (χ3v) is 3.21. The molecule has 0 aliphatic carbocycles. The van der Waals surface area contributed by atoms with E-state index in [1.807, 2.05) is 20.8 Å². The Morgan fingerprint density at radius 2 is 2.19 bits per heavy atom. The quantitative estimate of drug-likeness (QED) is 0.719. The summed E-state index contributed by atoms with van der Waals surface area (Å²) in [7, 11) is 0. The van der Waals surface area contributed by atoms with Gasteiger partial charge in [0, 0.05) is 6.61 Å². The minimum Gasteiger partial charge on any atom is -0.393 e. The van der Waals surface area contributed by atoms with Crippen LogP contribution in [0.3, 0.4) is 0 Å². The number of nitrogens with one attached hydrogen (secondary N) is 1. The Morgan fingerprint density at radius 1 is 1.56 bits per heavy atom. The Balaban J connectivity index is 2.58. The molecule has 0 aromatic heterocycles. The molecule has 0 radical (unpaired) electrons. The first-order chi connectivity index (χ1) is 7.43. The van der Waals surface area contributed by atoms with Crippen molar-refractivity contribution in [1.82, 2.24) is 5.32 Å². The number of carbonyl (C=O) groups excluding carboxylic acids is 1. The molecule has 0 saturated carbocycles. The monoisotopic (exact) mass is 244 g/mol. The Hall–Kier alpha value is -0.680. The zero-order valence-electron chi connectivity index (χ0n) is 10.0. The van der Waals surface area contributed by atoms with Crippen LogP contribution in [0.4, 0.5) is 0 Å². The van der Waals surface area contributed by atoms with E-state index in [0.29, 0.717) is 6.61 Å². The maximum atomic E-state index is 12.0. The maximum Gasteiger partial charge on any atom is 0.230 e. The second-order valence-corrected chi connectivity index (χ2v) is 5.08. The molecule has 3 unspecified atom stereocenters. The van der Waals surface area contributed by atoms with Crippen molar-refractivity contribution < 1.29 is 9.53 Å². The number of hydrogen-bond donors (Lipinski definition) is 2. The molecule has 4 nitrogen and oxygen atoms in total. The molecule has 1 rings (SSSR count). The summed E-state index contributed by atoms with van der Waals surface area (Å²) in [6.45, 7) is 6.55. The van der Waals surface area contributed by atoms with Crippen molar-refractivity contribution in [3.63, 3.8) is 0 Å². The van der Waals surface area contributed by atoms with Crippen molar-refractivity contribution in [1.29, 1.82) is 0 Å². The summed E-state index contributed by atoms with van der Waals surface area (Å²) in [4.78, 5) is 12.3. The molecule has 92 valence electrons. The second-order valence-electron chi connectivity index (χ2n) is 4.60. The first-order valence-electron chi connectivity index (χ1n) is 5.64. The van der Waals surface area contributed by atoms with Gasteiger partial charge in [0.1, 0.15) is 0 Å². The van der Waals surface area contributed by atoms with Crippen LogP contribution in [0.2, 0.25) is 0 Å². The summed E-state index contributed by atoms with van der Waals surface area (Å²) in [5.74, 6) is -0.345. The van der Waals surface area contributed by atoms with Crippen LogP contribution in [0.1, 0.15) is 27.2 Å². The van der Waals surface area contributed by atoms with Crippen molar-refractivity contribution in [3.05, 3.63) is 0 Å². The van der Waals surface area contributed by atoms with Crippen LogP contribution in [-0.2, 0) is 9.53 Å². The van der Waals surface area contributed by atoms with E-state index in [-0.39, 0.29) is 34.9 Å². The van der Waals surface area contributed by atoms with E-state index in [1.54, 1.807) is 0 Å². The average Bonchev–Trinajstić information content (AvgIpc) is 2.50. The van der Waals surface area contributed by atoms with Crippen molar-refractivity contribution in [3.8, 4) is 0 Å². The molecule has 1 saturated heterocycles. The summed E-state index contributed by atoms with van der Waals surface area (Å²) >= 11 is 4.93. The fraction of sp³-hybridized carbons (Fsp3) is 0.818. The van der Waals surface area contributed by atoms with Crippen LogP contribution in [-0.4, -0.2) is 29.6 Å². The summed E-state index contributed by atoms with van der Waals surface area (Å²) in [5, 5.41) is 2.96. The number of ether oxygens (including phenoxy) is 1. The van der Waals surface area contributed by atoms with Crippen molar-refractivity contribution in [2.24, 2.45) is 17.6 Å². The van der Waals surface area contributed by atoms with Gasteiger partial charge in [-0.25, -0.2) is 0 Å². The van der Waals surface area contributed by atoms with E-state index >= 15 is 0 Å². The first-order valence-corrected chi connectivity index (χ1v) is 6.05. The van der Waals surface area contributed by atoms with Gasteiger partial charge in [0.2, 0.25) is 5.91 Å². The number of carbonyl (C=O) groups is 1. The lowest BCUT2D eigenvalue weighted by atomic mass is 9.94. The summed E-state index contributed by atoms with van der Waals surface area (Å²) in [6, 6.07) is 0.0862. The number of nitrogens with two attached hydrogens (primary N) is 1. The van der Waals surface area contributed by atoms with Gasteiger partial charge in [-0.1, -0.05) is 26.1 Å². The molecule has 1 aliphatic heterocycles. The van der Waals surface area contributed by atoms with Crippen molar-refractivity contribution in [2.75, 3.05) is 6.61 Å². The third-order valence-electron chi connectivity index (χ3n) is 2.96. The summed E-state index contributed by atoms with van der Waals surface area (Å²) in [6.07, 6.45) is 0.929. The number of amides is 1. The van der Waals surface area contributed by atoms with Crippen LogP contribution in [0.25, 0.3) is 0 Å². The molecule has 5 heteroatoms. The van der Waals surface area contributed by atoms with Crippen molar-refractivity contribution in [2.45, 2.75) is 39.3 Å². The van der Waals surface area contributed by atoms with E-state index in [0.717, 1.165) is 6.42 Å². The standard InChI is InChI=1S/C11H20N2O2S/c1-6(2)9(10(12)16)11(14)13-8-4-5-15-7(8)3/h6-9H,4-5H2,1-3H3,(H2,12,16)(H,13,14). The fourth-order valence-corrected chi connectivity index (χ4v) is 2.33. The molecule has 3 atom stereocenters. The maximum absolute atomic E-state index is 12.0. The topological polar surface area (TPSA) is 64.3 Å². The highest BCUT2D eigenvalue weighted by Crippen LogP contribution is 2.16. The normalized spacial score (nSPS) is 26.8. The highest BCUT2D eigenvalue weighted by atomic mass is 32.1. The average molecular weight is 244 g/mol. The summed E-state index contributed by atoms with van der Waals surface area (Å²) in [5.41, 5.74) is 5.59. The Morgan fingerprint density at radius 3 is 2.56 bits per heavy atom. The van der Waals surface area contributed by atoms with Gasteiger partial charge in [0.25, 0.3) is 0 Å². The van der Waals surface area contributed by atoms with Crippen LogP contribution in [0.5, 0.6) is 0 Å². The van der Waals surface area contributed by atoms with Crippen molar-refractivity contribution >= 4 is 23.1 Å². The van der Waals surface area contributed by atoms with Crippen LogP contribution in [0.15, 0.2) is 0 Å². The zero-order valence-corrected chi connectivity index (χ0v) is 10.8. The molecule has 1 fully saturated rings. The van der Waals surface area contributed by atoms with E-state index in [9.17, 15) is 4.79 Å². The highest BCUT2D eigenvalue weighted by Gasteiger charge is 2.31. The molecule has 3 N–H and O–H groups in total. The van der Waals surface area contributed by atoms with Gasteiger partial charge in [-0.15, -0.1) is 0 Å². The Bertz CT molecular complexity index is 281. The van der Waals surface area contributed by atoms with Gasteiger partial charge in [-0.2, -0.15) is 0 Å². The van der Waals surface area contributed by atoms with Crippen LogP contribution in [0, 0.1) is 11.8 Å². The molecule has 1 aliphatic rings. The lowest BCUT2D eigenvalue weighted by Crippen LogP contribution is -2.47. The van der Waals surface area contributed by atoms with Crippen LogP contribution < -0.4 is 11.1 Å². The Kier molecular flexibility index (Phi) is 4.68. The Labute approximate surface area is 102 Å². The second kappa shape index (κ2) is 5.59. The van der Waals surface area contributed by atoms with Gasteiger partial charge < -0.3 is 15.8 Å². The molecular formula is C11H20N2O2S. The molecule has 0 aromatic rings. The molecule has 0 aromatic carbocycles. The zero-order chi connectivity index (χ0) is 12.3. The molecule has 1 amide bonds. The van der Waals surface area contributed by atoms with Gasteiger partial charge in [-0.05, 0) is 19.3 Å². The minimum atomic E-state index is -0.386. The number of rotatable bonds is 4. The van der Waals surface area contributed by atoms with Gasteiger partial charge >= 0.3 is 0 Å². The molecule has 0 spiro atoms. The van der Waals surface area contributed by atoms with E-state index < -0.39 is 0 Å². The molecule has 16 heavy (non-hydrogen) atoms. The van der Waals surface area contributed by atoms with E-state index in [4.69, 9.17) is 22.7 Å². The molecular weight excluding hydrogens is 224 g/mol. The third kappa shape index (κ3) is 3.15. The number of hydrogen-bond acceptors (Lipinski definition) is 3. The predicted molar refractivity (Wildman–Crippen MR) is 67.1 cm³/mol. The minimum absolute atomic E-state index is 0.0723. The number of thiocarbonyl (C=S) groups is 1. The summed E-state index contributed by atoms with van der Waals surface area (Å²) < 4.78 is 5.39. The molecule has 1 heterocycles. The lowest BCUT2D eigenvalue weighted by Gasteiger charge is -2.23. The molecule has 0 bridgehead atoms. The largest absolute Gasteiger partial charge is 0.393 e. The smallest absolute Gasteiger partial charge is 0.230 e. The van der Waals surface area contributed by atoms with Crippen LogP contribution >= 0.6 is 12.2 Å². The van der Waals surface area contributed by atoms with Gasteiger partial charge in [0.15, 0.2) is 0 Å². The van der Waals surface area contributed by atoms with Gasteiger partial charge in [0.05, 0.1) is 23.1 Å². The fourth-order valence-electron chi connectivity index (χ4n) is 1.95. The highest BCUT2D eigenvalue weighted by molar-refractivity contribution is 7.80.